The molecule has 0 saturated heterocycles. The Hall–Kier alpha value is -2.22. The zero-order valence-corrected chi connectivity index (χ0v) is 10.3. The summed E-state index contributed by atoms with van der Waals surface area (Å²) in [5, 5.41) is 1.91. The first-order chi connectivity index (χ1) is 8.58. The number of allylic oxidation sites excluding steroid dienone is 1. The van der Waals surface area contributed by atoms with Crippen molar-refractivity contribution in [2.24, 2.45) is 0 Å². The van der Waals surface area contributed by atoms with Gasteiger partial charge in [0.05, 0.1) is 0 Å². The Balaban J connectivity index is 2.57. The fourth-order valence-corrected chi connectivity index (χ4v) is 2.51. The number of Topliss-reactive ketones (excluding diaryl/α,β-unsaturated/α-hetero) is 1. The molecule has 0 atom stereocenters. The molecule has 0 aromatic heterocycles. The van der Waals surface area contributed by atoms with E-state index in [9.17, 15) is 9.59 Å². The summed E-state index contributed by atoms with van der Waals surface area (Å²) in [6, 6.07) is 7.87. The van der Waals surface area contributed by atoms with Crippen molar-refractivity contribution < 1.29 is 9.59 Å². The van der Waals surface area contributed by atoms with E-state index < -0.39 is 11.6 Å². The second kappa shape index (κ2) is 3.64. The Morgan fingerprint density at radius 3 is 2.50 bits per heavy atom. The van der Waals surface area contributed by atoms with Gasteiger partial charge in [-0.25, -0.2) is 0 Å². The zero-order chi connectivity index (χ0) is 12.9. The van der Waals surface area contributed by atoms with Crippen LogP contribution in [-0.2, 0) is 4.79 Å². The Bertz CT molecular complexity index is 736. The molecule has 1 aliphatic rings. The molecule has 0 heterocycles. The number of hydrogen-bond acceptors (Lipinski definition) is 2. The number of carbonyl (C=O) groups excluding carboxylic acids is 2. The smallest absolute Gasteiger partial charge is 0.233 e. The van der Waals surface area contributed by atoms with Gasteiger partial charge in [-0.05, 0) is 48.1 Å². The van der Waals surface area contributed by atoms with Gasteiger partial charge in [-0.1, -0.05) is 24.3 Å². The first-order valence-electron chi connectivity index (χ1n) is 5.88. The predicted molar refractivity (Wildman–Crippen MR) is 71.8 cm³/mol. The van der Waals surface area contributed by atoms with Crippen LogP contribution in [0.1, 0.15) is 27.0 Å². The first kappa shape index (κ1) is 10.9. The second-order valence-electron chi connectivity index (χ2n) is 4.73. The van der Waals surface area contributed by atoms with E-state index in [0.29, 0.717) is 5.56 Å². The number of ketones is 2. The molecule has 0 fully saturated rings. The van der Waals surface area contributed by atoms with Gasteiger partial charge in [0.15, 0.2) is 0 Å². The summed E-state index contributed by atoms with van der Waals surface area (Å²) >= 11 is 0. The summed E-state index contributed by atoms with van der Waals surface area (Å²) in [4.78, 5) is 23.8. The average Bonchev–Trinajstić information content (AvgIpc) is 2.46. The van der Waals surface area contributed by atoms with Crippen LogP contribution in [0.15, 0.2) is 30.3 Å². The minimum atomic E-state index is -0.447. The van der Waals surface area contributed by atoms with Crippen LogP contribution in [0.2, 0.25) is 0 Å². The predicted octanol–water partition coefficient (Wildman–Crippen LogP) is 3.24. The van der Waals surface area contributed by atoms with Crippen LogP contribution in [0.4, 0.5) is 0 Å². The Kier molecular flexibility index (Phi) is 2.20. The third-order valence-corrected chi connectivity index (χ3v) is 3.39. The van der Waals surface area contributed by atoms with E-state index in [1.165, 1.54) is 6.08 Å². The van der Waals surface area contributed by atoms with E-state index in [1.54, 1.807) is 12.1 Å². The van der Waals surface area contributed by atoms with Crippen molar-refractivity contribution in [3.63, 3.8) is 0 Å². The van der Waals surface area contributed by atoms with Crippen LogP contribution in [0, 0.1) is 13.8 Å². The summed E-state index contributed by atoms with van der Waals surface area (Å²) in [7, 11) is 0. The van der Waals surface area contributed by atoms with Gasteiger partial charge in [-0.15, -0.1) is 0 Å². The molecule has 0 N–H and O–H groups in total. The van der Waals surface area contributed by atoms with E-state index >= 15 is 0 Å². The molecule has 2 nitrogen and oxygen atoms in total. The van der Waals surface area contributed by atoms with Gasteiger partial charge in [0, 0.05) is 10.9 Å². The molecule has 2 heteroatoms. The average molecular weight is 236 g/mol. The van der Waals surface area contributed by atoms with E-state index in [2.05, 4.69) is 0 Å². The highest BCUT2D eigenvalue weighted by molar-refractivity contribution is 6.50. The van der Waals surface area contributed by atoms with Crippen molar-refractivity contribution in [1.82, 2.24) is 0 Å². The lowest BCUT2D eigenvalue weighted by atomic mass is 9.93. The van der Waals surface area contributed by atoms with E-state index in [-0.39, 0.29) is 0 Å². The standard InChI is InChI=1S/C16H12O2/c1-9-7-11-4-3-10(2)12-5-6-14(17)16(18)13(8-9)15(11)12/h3-8H,1-2H3. The van der Waals surface area contributed by atoms with Crippen molar-refractivity contribution in [3.05, 3.63) is 52.6 Å². The lowest BCUT2D eigenvalue weighted by Crippen LogP contribution is -2.10. The van der Waals surface area contributed by atoms with E-state index in [0.717, 1.165) is 27.5 Å². The number of benzene rings is 2. The highest BCUT2D eigenvalue weighted by atomic mass is 16.2. The molecule has 2 aromatic rings. The van der Waals surface area contributed by atoms with Crippen LogP contribution < -0.4 is 0 Å². The van der Waals surface area contributed by atoms with Gasteiger partial charge in [0.2, 0.25) is 11.6 Å². The maximum absolute atomic E-state index is 12.1. The summed E-state index contributed by atoms with van der Waals surface area (Å²) in [6.45, 7) is 3.93. The molecule has 0 aliphatic heterocycles. The molecule has 1 aliphatic carbocycles. The Morgan fingerprint density at radius 2 is 1.72 bits per heavy atom. The number of hydrogen-bond donors (Lipinski definition) is 0. The van der Waals surface area contributed by atoms with Crippen molar-refractivity contribution in [2.75, 3.05) is 0 Å². The van der Waals surface area contributed by atoms with Gasteiger partial charge in [0.25, 0.3) is 0 Å². The van der Waals surface area contributed by atoms with Gasteiger partial charge in [0.1, 0.15) is 0 Å². The minimum Gasteiger partial charge on any atom is -0.286 e. The summed E-state index contributed by atoms with van der Waals surface area (Å²) in [5.41, 5.74) is 3.57. The van der Waals surface area contributed by atoms with Crippen LogP contribution in [0.3, 0.4) is 0 Å². The summed E-state index contributed by atoms with van der Waals surface area (Å²) in [6.07, 6.45) is 3.13. The van der Waals surface area contributed by atoms with Crippen LogP contribution in [0.5, 0.6) is 0 Å². The summed E-state index contributed by atoms with van der Waals surface area (Å²) < 4.78 is 0. The highest BCUT2D eigenvalue weighted by Crippen LogP contribution is 2.30. The van der Waals surface area contributed by atoms with Crippen molar-refractivity contribution >= 4 is 28.4 Å². The van der Waals surface area contributed by atoms with Crippen molar-refractivity contribution in [2.45, 2.75) is 13.8 Å². The third kappa shape index (κ3) is 1.42. The molecular formula is C16H12O2. The van der Waals surface area contributed by atoms with Gasteiger partial charge >= 0.3 is 0 Å². The molecule has 0 radical (unpaired) electrons. The normalized spacial score (nSPS) is 14.1. The Labute approximate surface area is 105 Å². The van der Waals surface area contributed by atoms with Crippen LogP contribution in [-0.4, -0.2) is 11.6 Å². The SMILES string of the molecule is Cc1cc2c3c(c(C)ccc3c1)C=CC(=O)C2=O. The number of carbonyl (C=O) groups is 2. The van der Waals surface area contributed by atoms with Gasteiger partial charge in [-0.2, -0.15) is 0 Å². The third-order valence-electron chi connectivity index (χ3n) is 3.39. The molecule has 3 rings (SSSR count). The molecule has 0 spiro atoms. The molecule has 88 valence electrons. The lowest BCUT2D eigenvalue weighted by molar-refractivity contribution is -0.110. The zero-order valence-electron chi connectivity index (χ0n) is 10.3. The van der Waals surface area contributed by atoms with Crippen molar-refractivity contribution in [3.8, 4) is 0 Å². The fraction of sp³-hybridized carbons (Fsp3) is 0.125. The lowest BCUT2D eigenvalue weighted by Gasteiger charge is -2.10. The summed E-state index contributed by atoms with van der Waals surface area (Å²) in [5.74, 6) is -0.859. The second-order valence-corrected chi connectivity index (χ2v) is 4.73. The molecule has 0 saturated carbocycles. The molecule has 2 aromatic carbocycles. The van der Waals surface area contributed by atoms with Crippen LogP contribution >= 0.6 is 0 Å². The van der Waals surface area contributed by atoms with Crippen LogP contribution in [0.25, 0.3) is 16.8 Å². The van der Waals surface area contributed by atoms with E-state index in [4.69, 9.17) is 0 Å². The van der Waals surface area contributed by atoms with Gasteiger partial charge < -0.3 is 0 Å². The van der Waals surface area contributed by atoms with Crippen molar-refractivity contribution in [1.29, 1.82) is 0 Å². The first-order valence-corrected chi connectivity index (χ1v) is 5.88. The molecule has 0 unspecified atom stereocenters. The quantitative estimate of drug-likeness (QED) is 0.658. The molecule has 18 heavy (non-hydrogen) atoms. The van der Waals surface area contributed by atoms with E-state index in [1.807, 2.05) is 32.0 Å². The van der Waals surface area contributed by atoms with Gasteiger partial charge in [-0.3, -0.25) is 9.59 Å². The molecule has 0 bridgehead atoms. The molecular weight excluding hydrogens is 224 g/mol. The maximum atomic E-state index is 12.1. The topological polar surface area (TPSA) is 34.1 Å². The Morgan fingerprint density at radius 1 is 0.944 bits per heavy atom. The number of rotatable bonds is 0. The largest absolute Gasteiger partial charge is 0.286 e. The number of aryl methyl sites for hydroxylation is 2. The fourth-order valence-electron chi connectivity index (χ4n) is 2.51. The highest BCUT2D eigenvalue weighted by Gasteiger charge is 2.21. The minimum absolute atomic E-state index is 0.413. The monoisotopic (exact) mass is 236 g/mol. The maximum Gasteiger partial charge on any atom is 0.233 e. The molecule has 0 amide bonds.